The van der Waals surface area contributed by atoms with Crippen molar-refractivity contribution in [2.75, 3.05) is 0 Å². The maximum Gasteiger partial charge on any atom is 0.123 e. The Morgan fingerprint density at radius 1 is 1.46 bits per heavy atom. The molecule has 1 aromatic heterocycles. The molecule has 0 spiro atoms. The van der Waals surface area contributed by atoms with Gasteiger partial charge in [-0.15, -0.1) is 11.3 Å². The van der Waals surface area contributed by atoms with E-state index >= 15 is 0 Å². The van der Waals surface area contributed by atoms with Gasteiger partial charge in [0.2, 0.25) is 0 Å². The molecule has 0 aliphatic rings. The van der Waals surface area contributed by atoms with Crippen molar-refractivity contribution in [3.8, 4) is 0 Å². The Bertz CT molecular complexity index is 426. The summed E-state index contributed by atoms with van der Waals surface area (Å²) >= 11 is 1.59. The van der Waals surface area contributed by atoms with Gasteiger partial charge in [-0.3, -0.25) is 0 Å². The smallest absolute Gasteiger partial charge is 0.123 e. The number of para-hydroxylation sites is 1. The highest BCUT2D eigenvalue weighted by Gasteiger charge is 2.03. The molecule has 2 rings (SSSR count). The molecule has 0 atom stereocenters. The molecule has 3 heteroatoms. The maximum absolute atomic E-state index is 8.82. The molecular weight excluding hydrogens is 182 g/mol. The van der Waals surface area contributed by atoms with Gasteiger partial charge in [-0.25, -0.2) is 4.98 Å². The first-order valence-electron chi connectivity index (χ1n) is 3.98. The second-order valence-electron chi connectivity index (χ2n) is 2.80. The summed E-state index contributed by atoms with van der Waals surface area (Å²) in [5, 5.41) is 9.70. The molecule has 0 bridgehead atoms. The average molecular weight is 191 g/mol. The topological polar surface area (TPSA) is 33.1 Å². The van der Waals surface area contributed by atoms with Crippen LogP contribution in [-0.4, -0.2) is 10.1 Å². The third kappa shape index (κ3) is 1.42. The predicted molar refractivity (Wildman–Crippen MR) is 55.9 cm³/mol. The van der Waals surface area contributed by atoms with E-state index in [1.54, 1.807) is 11.3 Å². The fourth-order valence-electron chi connectivity index (χ4n) is 1.10. The Hall–Kier alpha value is -1.35. The van der Waals surface area contributed by atoms with Crippen LogP contribution in [0.25, 0.3) is 15.8 Å². The lowest BCUT2D eigenvalue weighted by Crippen LogP contribution is -1.75. The molecule has 0 saturated carbocycles. The van der Waals surface area contributed by atoms with Gasteiger partial charge >= 0.3 is 0 Å². The number of rotatable bonds is 1. The lowest BCUT2D eigenvalue weighted by atomic mass is 10.3. The molecular formula is C10H9NOS. The first-order chi connectivity index (χ1) is 6.31. The van der Waals surface area contributed by atoms with Crippen LogP contribution in [-0.2, 0) is 0 Å². The van der Waals surface area contributed by atoms with E-state index < -0.39 is 0 Å². The van der Waals surface area contributed by atoms with Gasteiger partial charge in [-0.1, -0.05) is 12.1 Å². The molecule has 66 valence electrons. The summed E-state index contributed by atoms with van der Waals surface area (Å²) in [4.78, 5) is 4.37. The number of allylic oxidation sites excluding steroid dienone is 1. The summed E-state index contributed by atoms with van der Waals surface area (Å²) < 4.78 is 1.15. The standard InChI is InChI=1S/C10H9NOS/c1-7(6-12)10-11-8-4-2-3-5-9(8)13-10/h2-6,12H,1H3/b7-6-. The van der Waals surface area contributed by atoms with Gasteiger partial charge in [0.25, 0.3) is 0 Å². The second kappa shape index (κ2) is 3.18. The third-order valence-electron chi connectivity index (χ3n) is 1.82. The second-order valence-corrected chi connectivity index (χ2v) is 3.83. The zero-order valence-corrected chi connectivity index (χ0v) is 8.01. The number of aromatic nitrogens is 1. The van der Waals surface area contributed by atoms with Crippen molar-refractivity contribution in [1.82, 2.24) is 4.98 Å². The molecule has 0 amide bonds. The van der Waals surface area contributed by atoms with Crippen LogP contribution in [0.15, 0.2) is 30.5 Å². The molecule has 0 radical (unpaired) electrons. The summed E-state index contributed by atoms with van der Waals surface area (Å²) in [6.45, 7) is 1.84. The number of hydrogen-bond donors (Lipinski definition) is 1. The Balaban J connectivity index is 2.62. The van der Waals surface area contributed by atoms with Gasteiger partial charge in [0.1, 0.15) is 5.01 Å². The minimum atomic E-state index is 0.807. The first-order valence-corrected chi connectivity index (χ1v) is 4.80. The number of nitrogens with zero attached hydrogens (tertiary/aromatic N) is 1. The number of benzene rings is 1. The molecule has 0 aliphatic carbocycles. The Morgan fingerprint density at radius 3 is 2.92 bits per heavy atom. The van der Waals surface area contributed by atoms with Crippen LogP contribution in [0, 0.1) is 0 Å². The third-order valence-corrected chi connectivity index (χ3v) is 3.00. The monoisotopic (exact) mass is 191 g/mol. The van der Waals surface area contributed by atoms with E-state index in [0.29, 0.717) is 0 Å². The predicted octanol–water partition coefficient (Wildman–Crippen LogP) is 3.22. The number of aliphatic hydroxyl groups excluding tert-OH is 1. The van der Waals surface area contributed by atoms with E-state index in [4.69, 9.17) is 5.11 Å². The van der Waals surface area contributed by atoms with Crippen LogP contribution < -0.4 is 0 Å². The summed E-state index contributed by atoms with van der Waals surface area (Å²) in [5.41, 5.74) is 1.80. The van der Waals surface area contributed by atoms with E-state index in [2.05, 4.69) is 4.98 Å². The lowest BCUT2D eigenvalue weighted by Gasteiger charge is -1.88. The molecule has 0 fully saturated rings. The van der Waals surface area contributed by atoms with Crippen LogP contribution in [0.2, 0.25) is 0 Å². The summed E-state index contributed by atoms with van der Waals surface area (Å²) in [6.07, 6.45) is 1.09. The van der Waals surface area contributed by atoms with Crippen molar-refractivity contribution in [2.45, 2.75) is 6.92 Å². The van der Waals surface area contributed by atoms with Gasteiger partial charge in [-0.05, 0) is 19.1 Å². The van der Waals surface area contributed by atoms with Gasteiger partial charge in [0.05, 0.1) is 16.5 Å². The van der Waals surface area contributed by atoms with Crippen molar-refractivity contribution < 1.29 is 5.11 Å². The van der Waals surface area contributed by atoms with Gasteiger partial charge < -0.3 is 5.11 Å². The highest BCUT2D eigenvalue weighted by molar-refractivity contribution is 7.19. The van der Waals surface area contributed by atoms with Crippen molar-refractivity contribution in [3.05, 3.63) is 35.5 Å². The lowest BCUT2D eigenvalue weighted by molar-refractivity contribution is 0.475. The van der Waals surface area contributed by atoms with Crippen LogP contribution in [0.3, 0.4) is 0 Å². The molecule has 1 aromatic carbocycles. The first kappa shape index (κ1) is 8.26. The van der Waals surface area contributed by atoms with Crippen molar-refractivity contribution in [1.29, 1.82) is 0 Å². The maximum atomic E-state index is 8.82. The van der Waals surface area contributed by atoms with Crippen molar-refractivity contribution in [2.24, 2.45) is 0 Å². The Kier molecular flexibility index (Phi) is 2.02. The van der Waals surface area contributed by atoms with E-state index in [0.717, 1.165) is 27.1 Å². The zero-order valence-electron chi connectivity index (χ0n) is 7.19. The quantitative estimate of drug-likeness (QED) is 0.702. The largest absolute Gasteiger partial charge is 0.515 e. The number of aliphatic hydroxyl groups is 1. The zero-order chi connectivity index (χ0) is 9.26. The summed E-state index contributed by atoms with van der Waals surface area (Å²) in [6, 6.07) is 7.95. The van der Waals surface area contributed by atoms with Gasteiger partial charge in [0.15, 0.2) is 0 Å². The molecule has 1 N–H and O–H groups in total. The minimum Gasteiger partial charge on any atom is -0.515 e. The Labute approximate surface area is 80.2 Å². The molecule has 0 aliphatic heterocycles. The summed E-state index contributed by atoms with van der Waals surface area (Å²) in [7, 11) is 0. The summed E-state index contributed by atoms with van der Waals surface area (Å²) in [5.74, 6) is 0. The van der Waals surface area contributed by atoms with E-state index in [1.807, 2.05) is 31.2 Å². The molecule has 1 heterocycles. The molecule has 2 aromatic rings. The number of fused-ring (bicyclic) bond motifs is 1. The van der Waals surface area contributed by atoms with Crippen LogP contribution >= 0.6 is 11.3 Å². The fraction of sp³-hybridized carbons (Fsp3) is 0.100. The average Bonchev–Trinajstić information content (AvgIpc) is 2.59. The van der Waals surface area contributed by atoms with E-state index in [1.165, 1.54) is 0 Å². The Morgan fingerprint density at radius 2 is 2.23 bits per heavy atom. The minimum absolute atomic E-state index is 0.807. The fourth-order valence-corrected chi connectivity index (χ4v) is 2.03. The van der Waals surface area contributed by atoms with E-state index in [-0.39, 0.29) is 0 Å². The van der Waals surface area contributed by atoms with Crippen molar-refractivity contribution >= 4 is 27.1 Å². The number of hydrogen-bond acceptors (Lipinski definition) is 3. The molecule has 0 saturated heterocycles. The SMILES string of the molecule is C/C(=C/O)c1nc2ccccc2s1. The van der Waals surface area contributed by atoms with Crippen molar-refractivity contribution in [3.63, 3.8) is 0 Å². The highest BCUT2D eigenvalue weighted by atomic mass is 32.1. The number of thiazole rings is 1. The van der Waals surface area contributed by atoms with Crippen LogP contribution in [0.5, 0.6) is 0 Å². The van der Waals surface area contributed by atoms with Crippen LogP contribution in [0.1, 0.15) is 11.9 Å². The highest BCUT2D eigenvalue weighted by Crippen LogP contribution is 2.25. The van der Waals surface area contributed by atoms with E-state index in [9.17, 15) is 0 Å². The van der Waals surface area contributed by atoms with Gasteiger partial charge in [-0.2, -0.15) is 0 Å². The van der Waals surface area contributed by atoms with Gasteiger partial charge in [0, 0.05) is 5.57 Å². The molecule has 0 unspecified atom stereocenters. The van der Waals surface area contributed by atoms with Crippen LogP contribution in [0.4, 0.5) is 0 Å². The molecule has 2 nitrogen and oxygen atoms in total. The molecule has 13 heavy (non-hydrogen) atoms. The normalized spacial score (nSPS) is 12.2.